The van der Waals surface area contributed by atoms with Gasteiger partial charge in [-0.1, -0.05) is 20.8 Å². The van der Waals surface area contributed by atoms with Crippen molar-refractivity contribution in [3.8, 4) is 0 Å². The molecule has 1 aliphatic rings. The van der Waals surface area contributed by atoms with Gasteiger partial charge in [0.2, 0.25) is 0 Å². The Hall–Kier alpha value is -0.340. The minimum absolute atomic E-state index is 0.183. The molecule has 1 aromatic heterocycles. The number of fused-ring (bicyclic) bond motifs is 1. The van der Waals surface area contributed by atoms with Gasteiger partial charge in [-0.3, -0.25) is 0 Å². The molecule has 1 aromatic rings. The maximum absolute atomic E-state index is 3.85. The smallest absolute Gasteiger partial charge is 0.0390 e. The zero-order valence-electron chi connectivity index (χ0n) is 14.1. The highest BCUT2D eigenvalue weighted by Gasteiger charge is 2.27. The molecule has 1 nitrogen and oxygen atoms in total. The molecule has 1 aliphatic carbocycles. The molecule has 2 heteroatoms. The van der Waals surface area contributed by atoms with Crippen LogP contribution in [0, 0.1) is 5.41 Å². The first-order valence-corrected chi connectivity index (χ1v) is 8.87. The Labute approximate surface area is 129 Å². The normalized spacial score (nSPS) is 17.9. The van der Waals surface area contributed by atoms with E-state index in [4.69, 9.17) is 0 Å². The van der Waals surface area contributed by atoms with Crippen LogP contribution >= 0.6 is 11.3 Å². The first-order valence-electron chi connectivity index (χ1n) is 8.05. The van der Waals surface area contributed by atoms with Gasteiger partial charge in [0, 0.05) is 21.3 Å². The van der Waals surface area contributed by atoms with Crippen LogP contribution in [0.15, 0.2) is 6.07 Å². The van der Waals surface area contributed by atoms with E-state index in [0.29, 0.717) is 11.5 Å². The Balaban J connectivity index is 2.04. The molecule has 0 fully saturated rings. The number of rotatable bonds is 4. The molecule has 20 heavy (non-hydrogen) atoms. The summed E-state index contributed by atoms with van der Waals surface area (Å²) in [6.07, 6.45) is 6.54. The van der Waals surface area contributed by atoms with Crippen LogP contribution in [0.5, 0.6) is 0 Å². The quantitative estimate of drug-likeness (QED) is 0.773. The predicted molar refractivity (Wildman–Crippen MR) is 90.7 cm³/mol. The van der Waals surface area contributed by atoms with Crippen molar-refractivity contribution in [1.82, 2.24) is 5.32 Å². The second-order valence-electron chi connectivity index (χ2n) is 8.29. The molecule has 0 bridgehead atoms. The number of thiophene rings is 1. The minimum Gasteiger partial charge on any atom is -0.304 e. The molecule has 114 valence electrons. The molecule has 2 rings (SSSR count). The van der Waals surface area contributed by atoms with E-state index in [2.05, 4.69) is 52.9 Å². The maximum atomic E-state index is 3.85. The van der Waals surface area contributed by atoms with E-state index in [-0.39, 0.29) is 5.54 Å². The molecule has 0 amide bonds. The number of hydrogen-bond acceptors (Lipinski definition) is 2. The monoisotopic (exact) mass is 293 g/mol. The molecular weight excluding hydrogens is 262 g/mol. The minimum atomic E-state index is 0.183. The van der Waals surface area contributed by atoms with Gasteiger partial charge in [0.25, 0.3) is 0 Å². The summed E-state index contributed by atoms with van der Waals surface area (Å²) in [7, 11) is 0. The highest BCUT2D eigenvalue weighted by molar-refractivity contribution is 7.12. The Bertz CT molecular complexity index is 427. The number of hydrogen-bond donors (Lipinski definition) is 1. The third kappa shape index (κ3) is 4.33. The predicted octanol–water partition coefficient (Wildman–Crippen LogP) is 5.49. The van der Waals surface area contributed by atoms with Gasteiger partial charge in [0.05, 0.1) is 0 Å². The van der Waals surface area contributed by atoms with E-state index in [1.54, 1.807) is 10.4 Å². The molecule has 1 atom stereocenters. The second-order valence-corrected chi connectivity index (χ2v) is 9.46. The first-order chi connectivity index (χ1) is 9.16. The van der Waals surface area contributed by atoms with E-state index >= 15 is 0 Å². The average molecular weight is 294 g/mol. The average Bonchev–Trinajstić information content (AvgIpc) is 2.68. The van der Waals surface area contributed by atoms with E-state index < -0.39 is 0 Å². The fourth-order valence-electron chi connectivity index (χ4n) is 3.76. The molecule has 0 aromatic carbocycles. The van der Waals surface area contributed by atoms with Crippen molar-refractivity contribution in [3.63, 3.8) is 0 Å². The molecule has 1 heterocycles. The Morgan fingerprint density at radius 3 is 2.40 bits per heavy atom. The molecule has 0 spiro atoms. The Morgan fingerprint density at radius 2 is 1.80 bits per heavy atom. The van der Waals surface area contributed by atoms with Crippen molar-refractivity contribution in [2.24, 2.45) is 5.41 Å². The SMILES string of the molecule is CC(NC(C)(C)CC(C)(C)C)c1cc2c(s1)CCCC2. The van der Waals surface area contributed by atoms with Crippen LogP contribution in [0.1, 0.15) is 82.2 Å². The number of aryl methyl sites for hydroxylation is 2. The summed E-state index contributed by atoms with van der Waals surface area (Å²) in [5.41, 5.74) is 2.17. The van der Waals surface area contributed by atoms with Crippen molar-refractivity contribution in [2.75, 3.05) is 0 Å². The van der Waals surface area contributed by atoms with E-state index in [1.807, 2.05) is 11.3 Å². The van der Waals surface area contributed by atoms with E-state index in [9.17, 15) is 0 Å². The zero-order chi connectivity index (χ0) is 15.0. The lowest BCUT2D eigenvalue weighted by Crippen LogP contribution is -2.43. The van der Waals surface area contributed by atoms with Gasteiger partial charge in [-0.05, 0) is 69.9 Å². The lowest BCUT2D eigenvalue weighted by atomic mass is 9.81. The Morgan fingerprint density at radius 1 is 1.15 bits per heavy atom. The zero-order valence-corrected chi connectivity index (χ0v) is 14.9. The van der Waals surface area contributed by atoms with Crippen molar-refractivity contribution in [3.05, 3.63) is 21.4 Å². The van der Waals surface area contributed by atoms with Gasteiger partial charge in [-0.15, -0.1) is 11.3 Å². The van der Waals surface area contributed by atoms with Gasteiger partial charge in [0.15, 0.2) is 0 Å². The summed E-state index contributed by atoms with van der Waals surface area (Å²) in [6, 6.07) is 2.92. The van der Waals surface area contributed by atoms with Crippen molar-refractivity contribution in [1.29, 1.82) is 0 Å². The van der Waals surface area contributed by atoms with Crippen molar-refractivity contribution in [2.45, 2.75) is 85.2 Å². The third-order valence-electron chi connectivity index (χ3n) is 4.02. The summed E-state index contributed by atoms with van der Waals surface area (Å²) in [5, 5.41) is 3.85. The lowest BCUT2D eigenvalue weighted by molar-refractivity contribution is 0.227. The van der Waals surface area contributed by atoms with Gasteiger partial charge >= 0.3 is 0 Å². The van der Waals surface area contributed by atoms with Gasteiger partial charge in [0.1, 0.15) is 0 Å². The summed E-state index contributed by atoms with van der Waals surface area (Å²) < 4.78 is 0. The molecule has 0 aliphatic heterocycles. The van der Waals surface area contributed by atoms with Crippen LogP contribution < -0.4 is 5.32 Å². The summed E-state index contributed by atoms with van der Waals surface area (Å²) in [6.45, 7) is 14.0. The highest BCUT2D eigenvalue weighted by atomic mass is 32.1. The molecule has 0 saturated heterocycles. The van der Waals surface area contributed by atoms with Crippen LogP contribution in [0.2, 0.25) is 0 Å². The molecule has 0 radical (unpaired) electrons. The van der Waals surface area contributed by atoms with Crippen LogP contribution in [0.4, 0.5) is 0 Å². The number of nitrogens with one attached hydrogen (secondary N) is 1. The van der Waals surface area contributed by atoms with Crippen LogP contribution in [0.25, 0.3) is 0 Å². The standard InChI is InChI=1S/C18H31NS/c1-13(19-18(5,6)12-17(2,3)4)16-11-14-9-7-8-10-15(14)20-16/h11,13,19H,7-10,12H2,1-6H3. The van der Waals surface area contributed by atoms with Gasteiger partial charge in [-0.25, -0.2) is 0 Å². The second kappa shape index (κ2) is 5.81. The molecule has 1 N–H and O–H groups in total. The lowest BCUT2D eigenvalue weighted by Gasteiger charge is -2.35. The summed E-state index contributed by atoms with van der Waals surface area (Å²) in [4.78, 5) is 3.17. The Kier molecular flexibility index (Phi) is 4.66. The topological polar surface area (TPSA) is 12.0 Å². The fraction of sp³-hybridized carbons (Fsp3) is 0.778. The van der Waals surface area contributed by atoms with Crippen LogP contribution in [-0.2, 0) is 12.8 Å². The fourth-order valence-corrected chi connectivity index (χ4v) is 5.02. The highest BCUT2D eigenvalue weighted by Crippen LogP contribution is 2.35. The molecular formula is C18H31NS. The molecule has 0 saturated carbocycles. The van der Waals surface area contributed by atoms with Gasteiger partial charge in [-0.2, -0.15) is 0 Å². The maximum Gasteiger partial charge on any atom is 0.0390 e. The van der Waals surface area contributed by atoms with Crippen LogP contribution in [0.3, 0.4) is 0 Å². The summed E-state index contributed by atoms with van der Waals surface area (Å²) in [5.74, 6) is 0. The molecule has 1 unspecified atom stereocenters. The van der Waals surface area contributed by atoms with Crippen LogP contribution in [-0.4, -0.2) is 5.54 Å². The van der Waals surface area contributed by atoms with E-state index in [1.165, 1.54) is 37.0 Å². The van der Waals surface area contributed by atoms with Gasteiger partial charge < -0.3 is 5.32 Å². The summed E-state index contributed by atoms with van der Waals surface area (Å²) >= 11 is 2.04. The first kappa shape index (κ1) is 16.0. The van der Waals surface area contributed by atoms with Crippen molar-refractivity contribution >= 4 is 11.3 Å². The third-order valence-corrected chi connectivity index (χ3v) is 5.44. The van der Waals surface area contributed by atoms with Crippen molar-refractivity contribution < 1.29 is 0 Å². The largest absolute Gasteiger partial charge is 0.304 e. The van der Waals surface area contributed by atoms with E-state index in [0.717, 1.165) is 0 Å².